The Bertz CT molecular complexity index is 3020. The summed E-state index contributed by atoms with van der Waals surface area (Å²) in [6, 6.07) is 1.15. The van der Waals surface area contributed by atoms with Gasteiger partial charge in [0.05, 0.1) is 58.4 Å². The number of aliphatic hydroxyl groups is 4. The van der Waals surface area contributed by atoms with Crippen molar-refractivity contribution in [3.05, 3.63) is 49.1 Å². The second-order valence-electron chi connectivity index (χ2n) is 22.7. The van der Waals surface area contributed by atoms with Crippen LogP contribution in [-0.4, -0.2) is 240 Å². The Morgan fingerprint density at radius 1 is 0.636 bits per heavy atom. The summed E-state index contributed by atoms with van der Waals surface area (Å²) in [5.41, 5.74) is 1.06. The lowest BCUT2D eigenvalue weighted by Crippen LogP contribution is -2.43. The van der Waals surface area contributed by atoms with Gasteiger partial charge in [0.25, 0.3) is 23.6 Å². The number of halogens is 2. The first-order valence-electron chi connectivity index (χ1n) is 30.3. The van der Waals surface area contributed by atoms with Gasteiger partial charge in [-0.3, -0.25) is 39.4 Å². The summed E-state index contributed by atoms with van der Waals surface area (Å²) in [5.74, 6) is 1.37. The Morgan fingerprint density at radius 2 is 1.07 bits per heavy atom. The van der Waals surface area contributed by atoms with E-state index in [-0.39, 0.29) is 28.6 Å². The number of carbonyl (C=O) groups excluding carboxylic acids is 4. The molecule has 4 aliphatic rings. The van der Waals surface area contributed by atoms with Crippen molar-refractivity contribution in [3.63, 3.8) is 0 Å². The highest BCUT2D eigenvalue weighted by molar-refractivity contribution is 14.1. The largest absolute Gasteiger partial charge is 0.387 e. The molecule has 12 N–H and O–H groups in total. The Kier molecular flexibility index (Phi) is 26.1. The van der Waals surface area contributed by atoms with Crippen molar-refractivity contribution < 1.29 is 54.8 Å². The number of piperidine rings is 1. The summed E-state index contributed by atoms with van der Waals surface area (Å²) < 4.78 is 18.0. The van der Waals surface area contributed by atoms with E-state index in [1.165, 1.54) is 60.3 Å². The van der Waals surface area contributed by atoms with Crippen molar-refractivity contribution in [3.8, 4) is 0 Å². The second kappa shape index (κ2) is 32.9. The number of anilines is 2. The highest BCUT2D eigenvalue weighted by Gasteiger charge is 2.49. The van der Waals surface area contributed by atoms with E-state index in [9.17, 15) is 39.6 Å². The fourth-order valence-corrected chi connectivity index (χ4v) is 12.1. The maximum atomic E-state index is 13.1. The van der Waals surface area contributed by atoms with E-state index in [0.29, 0.717) is 74.0 Å². The summed E-state index contributed by atoms with van der Waals surface area (Å²) in [5, 5.41) is 65.7. The number of nitrogens with zero attached hydrogens (tertiary/aromatic N) is 12. The first-order chi connectivity index (χ1) is 42.1. The molecule has 1 saturated carbocycles. The lowest BCUT2D eigenvalue weighted by Gasteiger charge is -2.34. The Hall–Kier alpha value is -5.60. The third kappa shape index (κ3) is 17.3. The number of likely N-dealkylation sites (tertiary alicyclic amines) is 1. The summed E-state index contributed by atoms with van der Waals surface area (Å²) in [6.45, 7) is 28.9. The SMILES string of the molecule is C=C(NCCN(C(C)C)C1CCCC1)N(I)CCNC(=O)c1nc(NC)c2ncn([C@@H]3O[C@H](C(=O)NCC)[C@@H](O)[C@H]3O)c2n1.C=C(NCCN1CCC(C(C)C)CC1)N(I)CCNC(=O)c1nc(NC)c2ncn([C@@H]3O[C@H](C(=O)NCC)[C@@H](O)[C@H]3O)c2n1.[HH].[HH].[HH].[HH]. The molecule has 30 nitrogen and oxygen atoms in total. The van der Waals surface area contributed by atoms with Crippen LogP contribution in [0.5, 0.6) is 0 Å². The van der Waals surface area contributed by atoms with Crippen molar-refractivity contribution in [2.75, 3.05) is 103 Å². The monoisotopic (exact) mass is 1460 g/mol. The van der Waals surface area contributed by atoms with Gasteiger partial charge in [-0.1, -0.05) is 39.8 Å². The van der Waals surface area contributed by atoms with Crippen molar-refractivity contribution >= 4 is 103 Å². The normalized spacial score (nSPS) is 22.4. The van der Waals surface area contributed by atoms with Crippen LogP contribution in [0, 0.1) is 11.8 Å². The summed E-state index contributed by atoms with van der Waals surface area (Å²) in [7, 11) is 3.28. The number of imidazole rings is 2. The first-order valence-corrected chi connectivity index (χ1v) is 32.2. The number of fused-ring (bicyclic) bond motifs is 2. The topological polar surface area (TPSA) is 364 Å². The predicted molar refractivity (Wildman–Crippen MR) is 356 cm³/mol. The molecular formula is C56H98I2N20O10. The van der Waals surface area contributed by atoms with Gasteiger partial charge in [0.2, 0.25) is 11.6 Å². The van der Waals surface area contributed by atoms with Gasteiger partial charge in [-0.25, -0.2) is 29.9 Å². The lowest BCUT2D eigenvalue weighted by molar-refractivity contribution is -0.138. The molecule has 88 heavy (non-hydrogen) atoms. The molecule has 1 aliphatic carbocycles. The number of hydrogen-bond acceptors (Lipinski definition) is 24. The zero-order valence-electron chi connectivity index (χ0n) is 51.6. The van der Waals surface area contributed by atoms with E-state index in [1.54, 1.807) is 27.9 Å². The van der Waals surface area contributed by atoms with Gasteiger partial charge in [0, 0.05) is 97.3 Å². The number of aliphatic hydroxyl groups excluding tert-OH is 4. The van der Waals surface area contributed by atoms with Gasteiger partial charge in [0.15, 0.2) is 58.6 Å². The molecule has 8 atom stereocenters. The van der Waals surface area contributed by atoms with Crippen molar-refractivity contribution in [2.45, 2.75) is 141 Å². The van der Waals surface area contributed by atoms with Crippen LogP contribution < -0.4 is 42.5 Å². The molecule has 0 unspecified atom stereocenters. The Balaban J connectivity index is 0.000000460. The summed E-state index contributed by atoms with van der Waals surface area (Å²) >= 11 is 4.33. The van der Waals surface area contributed by atoms with E-state index in [1.807, 2.05) is 6.23 Å². The average molecular weight is 1470 g/mol. The van der Waals surface area contributed by atoms with Crippen LogP contribution in [0.25, 0.3) is 22.3 Å². The molecular weight excluding hydrogens is 1370 g/mol. The molecule has 8 rings (SSSR count). The van der Waals surface area contributed by atoms with Crippen LogP contribution in [0.2, 0.25) is 0 Å². The molecule has 0 spiro atoms. The van der Waals surface area contributed by atoms with Crippen LogP contribution in [0.1, 0.15) is 119 Å². The number of likely N-dealkylation sites (N-methyl/N-ethyl adjacent to an activating group) is 2. The van der Waals surface area contributed by atoms with Gasteiger partial charge in [-0.05, 0) is 78.3 Å². The minimum absolute atomic E-state index is 0. The van der Waals surface area contributed by atoms with Gasteiger partial charge in [-0.2, -0.15) is 0 Å². The van der Waals surface area contributed by atoms with Gasteiger partial charge in [0.1, 0.15) is 36.1 Å². The minimum Gasteiger partial charge on any atom is -0.387 e. The molecule has 7 heterocycles. The van der Waals surface area contributed by atoms with Gasteiger partial charge in [-0.15, -0.1) is 0 Å². The number of amides is 4. The van der Waals surface area contributed by atoms with Gasteiger partial charge < -0.3 is 77.3 Å². The van der Waals surface area contributed by atoms with E-state index in [2.05, 4.69) is 169 Å². The summed E-state index contributed by atoms with van der Waals surface area (Å²) in [6.07, 6.45) is -0.261. The fourth-order valence-electron chi connectivity index (χ4n) is 11.3. The number of hydrogen-bond donors (Lipinski definition) is 12. The molecule has 4 amide bonds. The smallest absolute Gasteiger partial charge is 0.289 e. The zero-order valence-corrected chi connectivity index (χ0v) is 55.9. The van der Waals surface area contributed by atoms with Crippen molar-refractivity contribution in [1.82, 2.24) is 87.0 Å². The molecule has 4 aromatic heterocycles. The van der Waals surface area contributed by atoms with Crippen LogP contribution in [-0.2, 0) is 19.1 Å². The molecule has 32 heteroatoms. The molecule has 4 fully saturated rings. The number of ether oxygens (including phenoxy) is 2. The summed E-state index contributed by atoms with van der Waals surface area (Å²) in [4.78, 5) is 81.9. The maximum Gasteiger partial charge on any atom is 0.289 e. The second-order valence-corrected chi connectivity index (χ2v) is 25.0. The minimum atomic E-state index is -1.46. The van der Waals surface area contributed by atoms with Crippen LogP contribution >= 0.6 is 45.7 Å². The molecule has 3 saturated heterocycles. The third-order valence-corrected chi connectivity index (χ3v) is 18.4. The standard InChI is InChI=1S/2C28H45IN10O5.4H2/c1-6-31-26(42)22-20(40)21(41)28(44-22)38-15-34-19-23(30-5)35-24(36-25(19)38)27(43)33-10-14-39(29)17(4)32-9-13-37-11-7-18(8-12-37)16(2)3;1-6-31-26(42)22-20(40)21(41)28(44-22)38-15-34-19-23(30-5)35-24(36-25(19)38)27(43)33-12-14-39(29)17(4)32-11-13-37(16(2)3)18-9-7-8-10-18;;;;/h2*15-16,18,20-22,28,32,40-41H,4,6-14H2,1-3,5H3,(H,31,42)(H,33,43)(H,30,35,36);4*1H/t2*20-,21+,22-,28+;;;;/m00..../s1. The van der Waals surface area contributed by atoms with E-state index in [4.69, 9.17) is 9.47 Å². The number of nitrogens with one attached hydrogen (secondary N) is 8. The molecule has 496 valence electrons. The number of rotatable bonds is 29. The average Bonchev–Trinajstić information content (AvgIpc) is 1.61. The van der Waals surface area contributed by atoms with Crippen LogP contribution in [0.3, 0.4) is 0 Å². The fraction of sp³-hybridized carbons (Fsp3) is 0.679. The van der Waals surface area contributed by atoms with Crippen molar-refractivity contribution in [2.24, 2.45) is 11.8 Å². The van der Waals surface area contributed by atoms with E-state index in [0.717, 1.165) is 62.7 Å². The van der Waals surface area contributed by atoms with Gasteiger partial charge >= 0.3 is 0 Å². The Morgan fingerprint density at radius 3 is 1.48 bits per heavy atom. The zero-order chi connectivity index (χ0) is 63.9. The highest BCUT2D eigenvalue weighted by Crippen LogP contribution is 2.35. The first kappa shape index (κ1) is 69.9. The molecule has 3 aliphatic heterocycles. The quantitative estimate of drug-likeness (QED) is 0.0274. The molecule has 0 radical (unpaired) electrons. The molecule has 0 aromatic carbocycles. The third-order valence-electron chi connectivity index (χ3n) is 16.2. The highest BCUT2D eigenvalue weighted by atomic mass is 127. The maximum absolute atomic E-state index is 13.1. The number of aromatic nitrogens is 8. The van der Waals surface area contributed by atoms with E-state index < -0.39 is 72.7 Å². The number of carbonyl (C=O) groups is 4. The van der Waals surface area contributed by atoms with Crippen LogP contribution in [0.4, 0.5) is 11.6 Å². The Labute approximate surface area is 547 Å². The predicted octanol–water partition coefficient (Wildman–Crippen LogP) is 2.14. The van der Waals surface area contributed by atoms with Crippen molar-refractivity contribution in [1.29, 1.82) is 0 Å². The molecule has 4 aromatic rings. The van der Waals surface area contributed by atoms with Crippen LogP contribution in [0.15, 0.2) is 37.5 Å². The molecule has 0 bridgehead atoms. The lowest BCUT2D eigenvalue weighted by atomic mass is 9.87. The van der Waals surface area contributed by atoms with E-state index >= 15 is 0 Å².